The summed E-state index contributed by atoms with van der Waals surface area (Å²) in [5.74, 6) is 0.434. The highest BCUT2D eigenvalue weighted by molar-refractivity contribution is 8.19. The van der Waals surface area contributed by atoms with Gasteiger partial charge in [-0.3, -0.25) is 0 Å². The van der Waals surface area contributed by atoms with Gasteiger partial charge in [0.2, 0.25) is 0 Å². The van der Waals surface area contributed by atoms with Crippen LogP contribution in [0.3, 0.4) is 0 Å². The van der Waals surface area contributed by atoms with Crippen LogP contribution in [0.25, 0.3) is 0 Å². The summed E-state index contributed by atoms with van der Waals surface area (Å²) in [6, 6.07) is 8.59. The van der Waals surface area contributed by atoms with Crippen molar-refractivity contribution >= 4 is 23.5 Å². The Hall–Kier alpha value is -0.120. The minimum atomic E-state index is 0.324. The Morgan fingerprint density at radius 1 is 1.11 bits per heavy atom. The molecule has 1 atom stereocenters. The monoisotopic (exact) mass is 282 g/mol. The van der Waals surface area contributed by atoms with Gasteiger partial charge in [-0.25, -0.2) is 0 Å². The Bertz CT molecular complexity index is 342. The summed E-state index contributed by atoms with van der Waals surface area (Å²) in [7, 11) is 0. The first-order valence-corrected chi connectivity index (χ1v) is 8.64. The summed E-state index contributed by atoms with van der Waals surface area (Å²) in [5, 5.41) is 9.60. The van der Waals surface area contributed by atoms with Crippen LogP contribution in [0, 0.1) is 5.92 Å². The number of thioether (sulfide) groups is 2. The van der Waals surface area contributed by atoms with E-state index >= 15 is 0 Å². The highest BCUT2D eigenvalue weighted by Gasteiger charge is 2.29. The molecule has 1 heterocycles. The normalized spacial score (nSPS) is 16.8. The van der Waals surface area contributed by atoms with Crippen molar-refractivity contribution in [2.45, 2.75) is 53.4 Å². The lowest BCUT2D eigenvalue weighted by Crippen LogP contribution is -2.16. The second-order valence-corrected chi connectivity index (χ2v) is 7.51. The van der Waals surface area contributed by atoms with Gasteiger partial charge in [0.05, 0.1) is 4.58 Å². The van der Waals surface area contributed by atoms with E-state index < -0.39 is 0 Å². The first-order valence-electron chi connectivity index (χ1n) is 6.88. The first-order chi connectivity index (χ1) is 8.85. The third-order valence-electron chi connectivity index (χ3n) is 3.38. The highest BCUT2D eigenvalue weighted by atomic mass is 32.2. The van der Waals surface area contributed by atoms with Crippen LogP contribution >= 0.6 is 23.5 Å². The van der Waals surface area contributed by atoms with Gasteiger partial charge in [-0.2, -0.15) is 0 Å². The molecule has 0 aliphatic carbocycles. The first kappa shape index (κ1) is 14.3. The molecule has 3 heteroatoms. The second kappa shape index (κ2) is 7.46. The molecule has 1 nitrogen and oxygen atoms in total. The van der Waals surface area contributed by atoms with E-state index in [1.807, 2.05) is 23.5 Å². The van der Waals surface area contributed by atoms with Crippen LogP contribution in [0.5, 0.6) is 0 Å². The van der Waals surface area contributed by atoms with E-state index in [9.17, 15) is 5.11 Å². The average Bonchev–Trinajstić information content (AvgIpc) is 2.82. The van der Waals surface area contributed by atoms with Crippen molar-refractivity contribution in [1.82, 2.24) is 0 Å². The topological polar surface area (TPSA) is 20.2 Å². The van der Waals surface area contributed by atoms with Crippen molar-refractivity contribution < 1.29 is 5.11 Å². The van der Waals surface area contributed by atoms with Gasteiger partial charge < -0.3 is 5.11 Å². The third kappa shape index (κ3) is 3.69. The van der Waals surface area contributed by atoms with Crippen LogP contribution in [-0.4, -0.2) is 16.3 Å². The van der Waals surface area contributed by atoms with Crippen LogP contribution in [0.2, 0.25) is 0 Å². The van der Waals surface area contributed by atoms with Crippen LogP contribution in [0.15, 0.2) is 34.1 Å². The molecule has 0 fully saturated rings. The lowest BCUT2D eigenvalue weighted by atomic mass is 10.0. The second-order valence-electron chi connectivity index (χ2n) is 4.84. The molecule has 100 valence electrons. The van der Waals surface area contributed by atoms with Gasteiger partial charge in [-0.15, -0.1) is 23.5 Å². The zero-order chi connectivity index (χ0) is 12.8. The molecule has 1 unspecified atom stereocenters. The zero-order valence-corrected chi connectivity index (χ0v) is 12.6. The number of aliphatic hydroxyl groups is 1. The fourth-order valence-electron chi connectivity index (χ4n) is 2.26. The number of fused-ring (bicyclic) bond motifs is 1. The number of hydrogen-bond donors (Lipinski definition) is 1. The standard InChI is InChI=1S/C15H22OS2/c1-2-3-4-5-8-12(11-16)15-17-13-9-6-7-10-14(13)18-15/h6-7,9-10,12,15-16H,2-5,8,11H2,1H3. The van der Waals surface area contributed by atoms with Gasteiger partial charge in [-0.05, 0) is 18.6 Å². The van der Waals surface area contributed by atoms with Crippen molar-refractivity contribution in [3.8, 4) is 0 Å². The van der Waals surface area contributed by atoms with Gasteiger partial charge in [0.15, 0.2) is 0 Å². The summed E-state index contributed by atoms with van der Waals surface area (Å²) >= 11 is 3.87. The van der Waals surface area contributed by atoms with E-state index in [0.717, 1.165) is 6.42 Å². The Morgan fingerprint density at radius 2 is 1.78 bits per heavy atom. The molecular weight excluding hydrogens is 260 g/mol. The molecule has 0 bridgehead atoms. The largest absolute Gasteiger partial charge is 0.396 e. The SMILES string of the molecule is CCCCCCC(CO)C1Sc2ccccc2S1. The van der Waals surface area contributed by atoms with Crippen LogP contribution < -0.4 is 0 Å². The van der Waals surface area contributed by atoms with Crippen molar-refractivity contribution in [2.75, 3.05) is 6.61 Å². The lowest BCUT2D eigenvalue weighted by molar-refractivity contribution is 0.225. The van der Waals surface area contributed by atoms with Gasteiger partial charge in [0.1, 0.15) is 0 Å². The van der Waals surface area contributed by atoms with E-state index in [0.29, 0.717) is 17.1 Å². The third-order valence-corrected chi connectivity index (χ3v) is 6.54. The molecule has 0 spiro atoms. The molecule has 0 saturated carbocycles. The highest BCUT2D eigenvalue weighted by Crippen LogP contribution is 2.51. The molecule has 0 saturated heterocycles. The number of hydrogen-bond acceptors (Lipinski definition) is 3. The predicted molar refractivity (Wildman–Crippen MR) is 81.3 cm³/mol. The van der Waals surface area contributed by atoms with E-state index in [2.05, 4.69) is 31.2 Å². The molecule has 2 rings (SSSR count). The molecule has 0 amide bonds. The predicted octanol–water partition coefficient (Wildman–Crippen LogP) is 4.79. The van der Waals surface area contributed by atoms with Gasteiger partial charge >= 0.3 is 0 Å². The van der Waals surface area contributed by atoms with Crippen molar-refractivity contribution in [3.63, 3.8) is 0 Å². The number of rotatable bonds is 7. The van der Waals surface area contributed by atoms with Crippen LogP contribution in [0.1, 0.15) is 39.0 Å². The van der Waals surface area contributed by atoms with E-state index in [1.54, 1.807) is 0 Å². The maximum Gasteiger partial charge on any atom is 0.0647 e. The fourth-order valence-corrected chi connectivity index (χ4v) is 5.37. The Kier molecular flexibility index (Phi) is 5.93. The van der Waals surface area contributed by atoms with E-state index in [1.165, 1.54) is 35.5 Å². The van der Waals surface area contributed by atoms with Crippen molar-refractivity contribution in [1.29, 1.82) is 0 Å². The number of benzene rings is 1. The Balaban J connectivity index is 1.84. The maximum absolute atomic E-state index is 9.60. The average molecular weight is 282 g/mol. The molecule has 1 N–H and O–H groups in total. The minimum Gasteiger partial charge on any atom is -0.396 e. The van der Waals surface area contributed by atoms with Gasteiger partial charge in [0.25, 0.3) is 0 Å². The maximum atomic E-state index is 9.60. The van der Waals surface area contributed by atoms with Crippen LogP contribution in [0.4, 0.5) is 0 Å². The van der Waals surface area contributed by atoms with Crippen molar-refractivity contribution in [3.05, 3.63) is 24.3 Å². The lowest BCUT2D eigenvalue weighted by Gasteiger charge is -2.19. The summed E-state index contributed by atoms with van der Waals surface area (Å²) in [6.45, 7) is 2.56. The number of aliphatic hydroxyl groups excluding tert-OH is 1. The van der Waals surface area contributed by atoms with Gasteiger partial charge in [-0.1, -0.05) is 44.7 Å². The smallest absolute Gasteiger partial charge is 0.0647 e. The quantitative estimate of drug-likeness (QED) is 0.726. The molecule has 0 aromatic heterocycles. The molecular formula is C15H22OS2. The van der Waals surface area contributed by atoms with Crippen LogP contribution in [-0.2, 0) is 0 Å². The van der Waals surface area contributed by atoms with Crippen molar-refractivity contribution in [2.24, 2.45) is 5.92 Å². The fraction of sp³-hybridized carbons (Fsp3) is 0.600. The molecule has 1 aliphatic heterocycles. The van der Waals surface area contributed by atoms with E-state index in [4.69, 9.17) is 0 Å². The Morgan fingerprint density at radius 3 is 2.33 bits per heavy atom. The summed E-state index contributed by atoms with van der Waals surface area (Å²) < 4.78 is 0.508. The van der Waals surface area contributed by atoms with E-state index in [-0.39, 0.29) is 0 Å². The summed E-state index contributed by atoms with van der Waals surface area (Å²) in [4.78, 5) is 2.78. The molecule has 1 aliphatic rings. The number of unbranched alkanes of at least 4 members (excludes halogenated alkanes) is 3. The molecule has 1 aromatic carbocycles. The molecule has 1 aromatic rings. The zero-order valence-electron chi connectivity index (χ0n) is 11.0. The molecule has 18 heavy (non-hydrogen) atoms. The molecule has 0 radical (unpaired) electrons. The minimum absolute atomic E-state index is 0.324. The van der Waals surface area contributed by atoms with Gasteiger partial charge in [0, 0.05) is 22.3 Å². The summed E-state index contributed by atoms with van der Waals surface area (Å²) in [5.41, 5.74) is 0. The Labute approximate surface area is 119 Å². The summed E-state index contributed by atoms with van der Waals surface area (Å²) in [6.07, 6.45) is 6.33.